The van der Waals surface area contributed by atoms with Crippen LogP contribution in [0.5, 0.6) is 0 Å². The predicted octanol–water partition coefficient (Wildman–Crippen LogP) is 1.43. The van der Waals surface area contributed by atoms with E-state index in [0.717, 1.165) is 12.4 Å². The summed E-state index contributed by atoms with van der Waals surface area (Å²) in [6.07, 6.45) is 2.32. The van der Waals surface area contributed by atoms with Crippen LogP contribution in [0.3, 0.4) is 0 Å². The Morgan fingerprint density at radius 2 is 1.71 bits per heavy atom. The topological polar surface area (TPSA) is 39.7 Å². The zero-order valence-electron chi connectivity index (χ0n) is 12.4. The van der Waals surface area contributed by atoms with Gasteiger partial charge in [0.1, 0.15) is 0 Å². The first-order valence-electron chi connectivity index (χ1n) is 6.43. The number of rotatable bonds is 1. The Bertz CT molecular complexity index is 288. The quantitative estimate of drug-likeness (QED) is 0.538. The molecule has 0 spiro atoms. The van der Waals surface area contributed by atoms with Gasteiger partial charge < -0.3 is 10.6 Å². The maximum absolute atomic E-state index is 4.79. The summed E-state index contributed by atoms with van der Waals surface area (Å²) in [7, 11) is 6.01. The minimum absolute atomic E-state index is 0.0840. The van der Waals surface area contributed by atoms with Crippen molar-refractivity contribution < 1.29 is 0 Å². The van der Waals surface area contributed by atoms with Crippen molar-refractivity contribution in [3.05, 3.63) is 0 Å². The molecule has 0 saturated carbocycles. The van der Waals surface area contributed by atoms with E-state index in [1.807, 2.05) is 14.1 Å². The third kappa shape index (κ3) is 2.73. The molecule has 0 amide bonds. The summed E-state index contributed by atoms with van der Waals surface area (Å²) >= 11 is 0. The van der Waals surface area contributed by atoms with E-state index < -0.39 is 0 Å². The summed E-state index contributed by atoms with van der Waals surface area (Å²) in [5.74, 6) is 0.871. The minimum atomic E-state index is 0.0840. The van der Waals surface area contributed by atoms with Gasteiger partial charge in [0.05, 0.1) is 6.04 Å². The van der Waals surface area contributed by atoms with Crippen LogP contribution in [0.15, 0.2) is 4.99 Å². The molecule has 1 rings (SSSR count). The Morgan fingerprint density at radius 1 is 1.18 bits per heavy atom. The molecule has 2 N–H and O–H groups in total. The average molecular weight is 240 g/mol. The van der Waals surface area contributed by atoms with Crippen molar-refractivity contribution in [2.24, 2.45) is 4.99 Å². The van der Waals surface area contributed by atoms with Gasteiger partial charge in [-0.1, -0.05) is 0 Å². The van der Waals surface area contributed by atoms with Crippen LogP contribution in [0, 0.1) is 0 Å². The number of nitrogens with zero attached hydrogens (tertiary/aromatic N) is 2. The molecule has 4 heteroatoms. The normalized spacial score (nSPS) is 27.4. The minimum Gasteiger partial charge on any atom is -0.359 e. The summed E-state index contributed by atoms with van der Waals surface area (Å²) < 4.78 is 0. The van der Waals surface area contributed by atoms with Gasteiger partial charge >= 0.3 is 0 Å². The van der Waals surface area contributed by atoms with Crippen molar-refractivity contribution in [3.63, 3.8) is 0 Å². The number of aliphatic imine (C=N–C) groups is 1. The fourth-order valence-corrected chi connectivity index (χ4v) is 2.65. The van der Waals surface area contributed by atoms with Crippen LogP contribution in [0.1, 0.15) is 40.5 Å². The van der Waals surface area contributed by atoms with E-state index in [1.54, 1.807) is 0 Å². The first-order valence-corrected chi connectivity index (χ1v) is 6.43. The lowest BCUT2D eigenvalue weighted by Gasteiger charge is -2.53. The number of hydrogen-bond donors (Lipinski definition) is 2. The van der Waals surface area contributed by atoms with Crippen molar-refractivity contribution in [2.75, 3.05) is 21.1 Å². The lowest BCUT2D eigenvalue weighted by Crippen LogP contribution is -2.62. The molecule has 1 atom stereocenters. The smallest absolute Gasteiger partial charge is 0.191 e. The molecule has 1 saturated heterocycles. The lowest BCUT2D eigenvalue weighted by molar-refractivity contribution is -0.0158. The standard InChI is InChI=1S/C13H28N4/c1-12(2)9-8-10(13(3,4)17(12)7)16-11(14-5)15-6/h10H,8-9H2,1-7H3,(H2,14,15,16). The highest BCUT2D eigenvalue weighted by molar-refractivity contribution is 5.79. The van der Waals surface area contributed by atoms with Gasteiger partial charge in [0.15, 0.2) is 5.96 Å². The van der Waals surface area contributed by atoms with Crippen molar-refractivity contribution in [3.8, 4) is 0 Å². The number of guanidine groups is 1. The van der Waals surface area contributed by atoms with E-state index in [1.165, 1.54) is 6.42 Å². The maximum Gasteiger partial charge on any atom is 0.191 e. The molecule has 17 heavy (non-hydrogen) atoms. The van der Waals surface area contributed by atoms with Gasteiger partial charge in [-0.15, -0.1) is 0 Å². The van der Waals surface area contributed by atoms with E-state index in [2.05, 4.69) is 50.3 Å². The molecule has 1 unspecified atom stereocenters. The van der Waals surface area contributed by atoms with E-state index in [0.29, 0.717) is 6.04 Å². The first kappa shape index (κ1) is 14.3. The highest BCUT2D eigenvalue weighted by Crippen LogP contribution is 2.38. The summed E-state index contributed by atoms with van der Waals surface area (Å²) in [4.78, 5) is 7.25. The second kappa shape index (κ2) is 4.84. The molecule has 4 nitrogen and oxygen atoms in total. The SMILES string of the molecule is CNC(=NC1CCC(C)(C)N(C)C1(C)C)NC. The molecule has 100 valence electrons. The van der Waals surface area contributed by atoms with Crippen LogP contribution in [-0.2, 0) is 0 Å². The van der Waals surface area contributed by atoms with Crippen LogP contribution in [0.25, 0.3) is 0 Å². The number of likely N-dealkylation sites (N-methyl/N-ethyl adjacent to an activating group) is 1. The Labute approximate surface area is 106 Å². The molecule has 0 aromatic rings. The predicted molar refractivity (Wildman–Crippen MR) is 74.5 cm³/mol. The largest absolute Gasteiger partial charge is 0.359 e. The van der Waals surface area contributed by atoms with Crippen LogP contribution in [0.4, 0.5) is 0 Å². The third-order valence-corrected chi connectivity index (χ3v) is 4.38. The van der Waals surface area contributed by atoms with Crippen LogP contribution in [0.2, 0.25) is 0 Å². The molecule has 1 fully saturated rings. The third-order valence-electron chi connectivity index (χ3n) is 4.38. The van der Waals surface area contributed by atoms with Gasteiger partial charge in [0.25, 0.3) is 0 Å². The number of nitrogens with one attached hydrogen (secondary N) is 2. The van der Waals surface area contributed by atoms with E-state index >= 15 is 0 Å². The molecule has 0 aromatic carbocycles. The van der Waals surface area contributed by atoms with E-state index in [4.69, 9.17) is 4.99 Å². The van der Waals surface area contributed by atoms with Crippen LogP contribution in [-0.4, -0.2) is 49.1 Å². The van der Waals surface area contributed by atoms with Gasteiger partial charge in [-0.25, -0.2) is 4.99 Å². The van der Waals surface area contributed by atoms with Gasteiger partial charge in [0, 0.05) is 25.2 Å². The first-order chi connectivity index (χ1) is 7.75. The Morgan fingerprint density at radius 3 is 2.18 bits per heavy atom. The molecule has 1 heterocycles. The second-order valence-corrected chi connectivity index (χ2v) is 6.06. The summed E-state index contributed by atoms with van der Waals surface area (Å²) in [5, 5.41) is 6.19. The second-order valence-electron chi connectivity index (χ2n) is 6.06. The van der Waals surface area contributed by atoms with Crippen LogP contribution >= 0.6 is 0 Å². The van der Waals surface area contributed by atoms with Gasteiger partial charge in [-0.05, 0) is 47.6 Å². The Balaban J connectivity index is 2.94. The fraction of sp³-hybridized carbons (Fsp3) is 0.923. The summed E-state index contributed by atoms with van der Waals surface area (Å²) in [6, 6.07) is 0.329. The van der Waals surface area contributed by atoms with E-state index in [-0.39, 0.29) is 11.1 Å². The van der Waals surface area contributed by atoms with Gasteiger partial charge in [-0.3, -0.25) is 4.90 Å². The maximum atomic E-state index is 4.79. The zero-order valence-corrected chi connectivity index (χ0v) is 12.4. The highest BCUT2D eigenvalue weighted by Gasteiger charge is 2.45. The number of hydrogen-bond acceptors (Lipinski definition) is 2. The van der Waals surface area contributed by atoms with E-state index in [9.17, 15) is 0 Å². The van der Waals surface area contributed by atoms with Crippen molar-refractivity contribution in [1.29, 1.82) is 0 Å². The Hall–Kier alpha value is -0.770. The zero-order chi connectivity index (χ0) is 13.3. The average Bonchev–Trinajstić information content (AvgIpc) is 2.26. The summed E-state index contributed by atoms with van der Waals surface area (Å²) in [5.41, 5.74) is 0.343. The molecule has 0 radical (unpaired) electrons. The highest BCUT2D eigenvalue weighted by atomic mass is 15.3. The molecule has 0 bridgehead atoms. The molecule has 1 aliphatic rings. The van der Waals surface area contributed by atoms with Gasteiger partial charge in [-0.2, -0.15) is 0 Å². The summed E-state index contributed by atoms with van der Waals surface area (Å²) in [6.45, 7) is 9.19. The molecule has 1 aliphatic heterocycles. The Kier molecular flexibility index (Phi) is 4.07. The monoisotopic (exact) mass is 240 g/mol. The van der Waals surface area contributed by atoms with Crippen LogP contribution < -0.4 is 10.6 Å². The molecule has 0 aromatic heterocycles. The number of piperidine rings is 1. The molecular weight excluding hydrogens is 212 g/mol. The van der Waals surface area contributed by atoms with Gasteiger partial charge in [0.2, 0.25) is 0 Å². The lowest BCUT2D eigenvalue weighted by atomic mass is 9.77. The molecular formula is C13H28N4. The molecule has 0 aliphatic carbocycles. The number of likely N-dealkylation sites (tertiary alicyclic amines) is 1. The van der Waals surface area contributed by atoms with Crippen molar-refractivity contribution in [2.45, 2.75) is 57.7 Å². The van der Waals surface area contributed by atoms with Crippen molar-refractivity contribution >= 4 is 5.96 Å². The van der Waals surface area contributed by atoms with Crippen molar-refractivity contribution in [1.82, 2.24) is 15.5 Å². The fourth-order valence-electron chi connectivity index (χ4n) is 2.65.